The van der Waals surface area contributed by atoms with Gasteiger partial charge in [-0.2, -0.15) is 0 Å². The number of nitrogens with one attached hydrogen (secondary N) is 2. The van der Waals surface area contributed by atoms with Crippen molar-refractivity contribution in [1.82, 2.24) is 10.6 Å². The van der Waals surface area contributed by atoms with Gasteiger partial charge in [0.05, 0.1) is 0 Å². The van der Waals surface area contributed by atoms with Gasteiger partial charge in [0.15, 0.2) is 0 Å². The molecular formula is C18H18N2O4. The number of aromatic hydroxyl groups is 2. The zero-order chi connectivity index (χ0) is 17.1. The van der Waals surface area contributed by atoms with E-state index in [4.69, 9.17) is 0 Å². The molecule has 2 aromatic carbocycles. The highest BCUT2D eigenvalue weighted by Gasteiger charge is 2.33. The van der Waals surface area contributed by atoms with E-state index in [9.17, 15) is 19.8 Å². The van der Waals surface area contributed by atoms with Crippen LogP contribution in [0.3, 0.4) is 0 Å². The van der Waals surface area contributed by atoms with E-state index >= 15 is 0 Å². The molecule has 4 N–H and O–H groups in total. The molecule has 124 valence electrons. The normalized spacial score (nSPS) is 20.3. The molecule has 1 aliphatic rings. The fraction of sp³-hybridized carbons (Fsp3) is 0.222. The summed E-state index contributed by atoms with van der Waals surface area (Å²) < 4.78 is 0. The highest BCUT2D eigenvalue weighted by molar-refractivity contribution is 5.97. The molecule has 3 rings (SSSR count). The van der Waals surface area contributed by atoms with Crippen LogP contribution in [0.4, 0.5) is 0 Å². The summed E-state index contributed by atoms with van der Waals surface area (Å²) in [5.41, 5.74) is 1.53. The molecule has 0 unspecified atom stereocenters. The third-order valence-electron chi connectivity index (χ3n) is 3.97. The van der Waals surface area contributed by atoms with E-state index in [1.54, 1.807) is 48.5 Å². The summed E-state index contributed by atoms with van der Waals surface area (Å²) in [5.74, 6) is -0.278. The Morgan fingerprint density at radius 3 is 1.54 bits per heavy atom. The third-order valence-corrected chi connectivity index (χ3v) is 3.97. The maximum atomic E-state index is 12.3. The van der Waals surface area contributed by atoms with Crippen molar-refractivity contribution in [3.63, 3.8) is 0 Å². The maximum absolute atomic E-state index is 12.3. The van der Waals surface area contributed by atoms with E-state index in [2.05, 4.69) is 10.6 Å². The molecule has 1 aliphatic heterocycles. The van der Waals surface area contributed by atoms with Crippen LogP contribution in [0.25, 0.3) is 0 Å². The number of piperazine rings is 1. The second-order valence-electron chi connectivity index (χ2n) is 5.87. The lowest BCUT2D eigenvalue weighted by atomic mass is 9.98. The maximum Gasteiger partial charge on any atom is 0.243 e. The van der Waals surface area contributed by atoms with Gasteiger partial charge in [-0.1, -0.05) is 24.3 Å². The summed E-state index contributed by atoms with van der Waals surface area (Å²) in [5, 5.41) is 24.4. The highest BCUT2D eigenvalue weighted by Crippen LogP contribution is 2.16. The van der Waals surface area contributed by atoms with Gasteiger partial charge in [0.1, 0.15) is 23.6 Å². The lowest BCUT2D eigenvalue weighted by Crippen LogP contribution is -2.62. The van der Waals surface area contributed by atoms with Crippen LogP contribution in [-0.4, -0.2) is 34.1 Å². The Balaban J connectivity index is 1.66. The van der Waals surface area contributed by atoms with Gasteiger partial charge in [0, 0.05) is 12.8 Å². The number of rotatable bonds is 4. The van der Waals surface area contributed by atoms with Crippen LogP contribution in [0.5, 0.6) is 11.5 Å². The van der Waals surface area contributed by atoms with Crippen molar-refractivity contribution in [1.29, 1.82) is 0 Å². The average molecular weight is 326 g/mol. The molecule has 6 nitrogen and oxygen atoms in total. The molecule has 1 heterocycles. The first kappa shape index (κ1) is 15.9. The number of phenolic OH excluding ortho intramolecular Hbond substituents is 2. The van der Waals surface area contributed by atoms with Crippen LogP contribution >= 0.6 is 0 Å². The minimum absolute atomic E-state index is 0.122. The first-order valence-corrected chi connectivity index (χ1v) is 7.68. The second kappa shape index (κ2) is 6.62. The van der Waals surface area contributed by atoms with Crippen LogP contribution < -0.4 is 10.6 Å². The largest absolute Gasteiger partial charge is 0.508 e. The Bertz CT molecular complexity index is 710. The summed E-state index contributed by atoms with van der Waals surface area (Å²) >= 11 is 0. The molecule has 6 heteroatoms. The van der Waals surface area contributed by atoms with Gasteiger partial charge in [0.2, 0.25) is 11.8 Å². The van der Waals surface area contributed by atoms with E-state index in [0.29, 0.717) is 12.8 Å². The number of carbonyl (C=O) groups is 2. The quantitative estimate of drug-likeness (QED) is 0.670. The number of hydrogen-bond acceptors (Lipinski definition) is 4. The molecule has 24 heavy (non-hydrogen) atoms. The van der Waals surface area contributed by atoms with Crippen LogP contribution in [0.1, 0.15) is 11.1 Å². The second-order valence-corrected chi connectivity index (χ2v) is 5.87. The van der Waals surface area contributed by atoms with E-state index in [1.165, 1.54) is 0 Å². The van der Waals surface area contributed by atoms with Gasteiger partial charge in [-0.15, -0.1) is 0 Å². The first-order chi connectivity index (χ1) is 11.5. The van der Waals surface area contributed by atoms with Gasteiger partial charge in [0.25, 0.3) is 0 Å². The number of amides is 2. The number of benzene rings is 2. The molecule has 0 aliphatic carbocycles. The summed E-state index contributed by atoms with van der Waals surface area (Å²) in [7, 11) is 0. The third kappa shape index (κ3) is 3.65. The number of phenols is 2. The standard InChI is InChI=1S/C18H18N2O4/c21-13-5-1-3-11(7-13)9-15-17(23)20-16(18(24)19-15)10-12-4-2-6-14(22)8-12/h1-8,15-16,21-22H,9-10H2,(H,19,24)(H,20,23)/t15-,16-/m1/s1. The van der Waals surface area contributed by atoms with Crippen LogP contribution in [0.2, 0.25) is 0 Å². The van der Waals surface area contributed by atoms with Gasteiger partial charge in [-0.25, -0.2) is 0 Å². The fourth-order valence-corrected chi connectivity index (χ4v) is 2.80. The Morgan fingerprint density at radius 2 is 1.17 bits per heavy atom. The SMILES string of the molecule is O=C1N[C@H](Cc2cccc(O)c2)C(=O)N[C@@H]1Cc1cccc(O)c1. The van der Waals surface area contributed by atoms with Crippen LogP contribution in [-0.2, 0) is 22.4 Å². The van der Waals surface area contributed by atoms with Gasteiger partial charge >= 0.3 is 0 Å². The predicted molar refractivity (Wildman–Crippen MR) is 87.5 cm³/mol. The number of hydrogen-bond donors (Lipinski definition) is 4. The molecule has 2 atom stereocenters. The summed E-state index contributed by atoms with van der Waals surface area (Å²) in [6.45, 7) is 0. The van der Waals surface area contributed by atoms with Crippen LogP contribution in [0.15, 0.2) is 48.5 Å². The van der Waals surface area contributed by atoms with Crippen molar-refractivity contribution in [2.75, 3.05) is 0 Å². The highest BCUT2D eigenvalue weighted by atomic mass is 16.3. The van der Waals surface area contributed by atoms with Gasteiger partial charge in [-0.05, 0) is 35.4 Å². The van der Waals surface area contributed by atoms with Gasteiger partial charge in [-0.3, -0.25) is 9.59 Å². The van der Waals surface area contributed by atoms with E-state index < -0.39 is 12.1 Å². The monoisotopic (exact) mass is 326 g/mol. The Labute approximate surface area is 139 Å². The molecule has 0 aromatic heterocycles. The molecular weight excluding hydrogens is 308 g/mol. The predicted octanol–water partition coefficient (Wildman–Crippen LogP) is 0.866. The molecule has 2 amide bonds. The Kier molecular flexibility index (Phi) is 4.37. The Morgan fingerprint density at radius 1 is 0.750 bits per heavy atom. The summed E-state index contributed by atoms with van der Waals surface area (Å²) in [4.78, 5) is 24.5. The van der Waals surface area contributed by atoms with Crippen molar-refractivity contribution in [2.45, 2.75) is 24.9 Å². The smallest absolute Gasteiger partial charge is 0.243 e. The van der Waals surface area contributed by atoms with Crippen molar-refractivity contribution in [3.05, 3.63) is 59.7 Å². The zero-order valence-electron chi connectivity index (χ0n) is 12.9. The minimum Gasteiger partial charge on any atom is -0.508 e. The van der Waals surface area contributed by atoms with E-state index in [0.717, 1.165) is 11.1 Å². The topological polar surface area (TPSA) is 98.7 Å². The van der Waals surface area contributed by atoms with Crippen molar-refractivity contribution < 1.29 is 19.8 Å². The van der Waals surface area contributed by atoms with Gasteiger partial charge < -0.3 is 20.8 Å². The summed E-state index contributed by atoms with van der Waals surface area (Å²) in [6.07, 6.45) is 0.621. The van der Waals surface area contributed by atoms with E-state index in [-0.39, 0.29) is 23.3 Å². The molecule has 0 saturated carbocycles. The molecule has 0 radical (unpaired) electrons. The van der Waals surface area contributed by atoms with Crippen molar-refractivity contribution in [2.24, 2.45) is 0 Å². The minimum atomic E-state index is -0.667. The lowest BCUT2D eigenvalue weighted by Gasteiger charge is -2.29. The lowest BCUT2D eigenvalue weighted by molar-refractivity contribution is -0.136. The summed E-state index contributed by atoms with van der Waals surface area (Å²) in [6, 6.07) is 11.9. The zero-order valence-corrected chi connectivity index (χ0v) is 12.9. The van der Waals surface area contributed by atoms with Crippen LogP contribution in [0, 0.1) is 0 Å². The average Bonchev–Trinajstić information content (AvgIpc) is 2.52. The molecule has 1 saturated heterocycles. The number of carbonyl (C=O) groups excluding carboxylic acids is 2. The Hall–Kier alpha value is -3.02. The molecule has 0 spiro atoms. The van der Waals surface area contributed by atoms with Crippen molar-refractivity contribution >= 4 is 11.8 Å². The van der Waals surface area contributed by atoms with Crippen molar-refractivity contribution in [3.8, 4) is 11.5 Å². The molecule has 0 bridgehead atoms. The molecule has 2 aromatic rings. The first-order valence-electron chi connectivity index (χ1n) is 7.68. The van der Waals surface area contributed by atoms with E-state index in [1.807, 2.05) is 0 Å². The fourth-order valence-electron chi connectivity index (χ4n) is 2.80. The molecule has 1 fully saturated rings.